The minimum Gasteiger partial charge on any atom is -0.439 e. The number of ether oxygens (including phenoxy) is 1. The molecular formula is C25H17F2N3O3S. The second-order valence-corrected chi connectivity index (χ2v) is 9.66. The van der Waals surface area contributed by atoms with Crippen molar-refractivity contribution in [2.24, 2.45) is 5.73 Å². The van der Waals surface area contributed by atoms with Crippen molar-refractivity contribution >= 4 is 21.5 Å². The van der Waals surface area contributed by atoms with Crippen LogP contribution in [0.2, 0.25) is 0 Å². The monoisotopic (exact) mass is 477 g/mol. The van der Waals surface area contributed by atoms with Crippen LogP contribution >= 0.6 is 0 Å². The van der Waals surface area contributed by atoms with E-state index in [9.17, 15) is 22.5 Å². The molecule has 170 valence electrons. The van der Waals surface area contributed by atoms with Crippen molar-refractivity contribution in [3.05, 3.63) is 117 Å². The molecule has 0 fully saturated rings. The summed E-state index contributed by atoms with van der Waals surface area (Å²) >= 11 is 0. The van der Waals surface area contributed by atoms with Gasteiger partial charge in [0.2, 0.25) is 5.88 Å². The van der Waals surface area contributed by atoms with E-state index in [1.165, 1.54) is 52.8 Å². The Morgan fingerprint density at radius 3 is 2.24 bits per heavy atom. The van der Waals surface area contributed by atoms with Gasteiger partial charge in [-0.1, -0.05) is 36.4 Å². The van der Waals surface area contributed by atoms with Gasteiger partial charge in [-0.15, -0.1) is 0 Å². The quantitative estimate of drug-likeness (QED) is 0.600. The molecule has 1 atom stereocenters. The summed E-state index contributed by atoms with van der Waals surface area (Å²) in [5, 5.41) is 9.82. The number of allylic oxidation sites excluding steroid dienone is 2. The van der Waals surface area contributed by atoms with Crippen molar-refractivity contribution in [2.45, 2.75) is 12.5 Å². The van der Waals surface area contributed by atoms with Crippen molar-refractivity contribution in [3.63, 3.8) is 0 Å². The molecule has 6 nitrogen and oxygen atoms in total. The number of rotatable bonds is 3. The number of halogens is 2. The first-order valence-corrected chi connectivity index (χ1v) is 11.7. The first-order valence-electron chi connectivity index (χ1n) is 10.2. The van der Waals surface area contributed by atoms with E-state index in [0.29, 0.717) is 22.4 Å². The molecule has 0 bridgehead atoms. The highest BCUT2D eigenvalue weighted by Gasteiger charge is 2.47. The summed E-state index contributed by atoms with van der Waals surface area (Å²) in [5.41, 5.74) is 7.74. The van der Waals surface area contributed by atoms with Crippen molar-refractivity contribution in [3.8, 4) is 6.07 Å². The third-order valence-electron chi connectivity index (χ3n) is 5.80. The van der Waals surface area contributed by atoms with E-state index < -0.39 is 27.6 Å². The van der Waals surface area contributed by atoms with Gasteiger partial charge in [0, 0.05) is 5.56 Å². The van der Waals surface area contributed by atoms with Crippen LogP contribution in [0.3, 0.4) is 0 Å². The minimum atomic E-state index is -4.26. The number of hydrogen-bond acceptors (Lipinski definition) is 5. The van der Waals surface area contributed by atoms with E-state index in [-0.39, 0.29) is 28.7 Å². The third-order valence-corrected chi connectivity index (χ3v) is 7.68. The van der Waals surface area contributed by atoms with E-state index in [1.807, 2.05) is 6.07 Å². The molecule has 2 heterocycles. The van der Waals surface area contributed by atoms with Gasteiger partial charge in [0.1, 0.15) is 28.2 Å². The van der Waals surface area contributed by atoms with Crippen LogP contribution < -0.4 is 10.0 Å². The predicted molar refractivity (Wildman–Crippen MR) is 122 cm³/mol. The van der Waals surface area contributed by atoms with E-state index in [2.05, 4.69) is 0 Å². The topological polar surface area (TPSA) is 96.4 Å². The van der Waals surface area contributed by atoms with Gasteiger partial charge in [0.15, 0.2) is 5.76 Å². The van der Waals surface area contributed by atoms with E-state index >= 15 is 0 Å². The van der Waals surface area contributed by atoms with Crippen LogP contribution in [-0.4, -0.2) is 8.42 Å². The molecule has 2 aliphatic heterocycles. The third kappa shape index (κ3) is 3.40. The van der Waals surface area contributed by atoms with Crippen LogP contribution in [0.4, 0.5) is 14.5 Å². The second-order valence-electron chi connectivity index (χ2n) is 7.83. The molecule has 0 unspecified atom stereocenters. The average Bonchev–Trinajstić information content (AvgIpc) is 2.82. The molecule has 0 radical (unpaired) electrons. The summed E-state index contributed by atoms with van der Waals surface area (Å²) in [5.74, 6) is -2.23. The van der Waals surface area contributed by atoms with Crippen molar-refractivity contribution in [1.82, 2.24) is 0 Å². The van der Waals surface area contributed by atoms with Crippen LogP contribution in [0.1, 0.15) is 22.6 Å². The molecule has 5 rings (SSSR count). The first kappa shape index (κ1) is 21.7. The van der Waals surface area contributed by atoms with Gasteiger partial charge in [-0.3, -0.25) is 4.31 Å². The SMILES string of the molecule is N#CC1=C(N)OC2=C([C@H]1c1ccc(F)cc1)S(=O)(=O)N(Cc1ccc(F)cc1)c1ccccc12. The Hall–Kier alpha value is -4.16. The maximum absolute atomic E-state index is 14.1. The number of sulfonamides is 1. The Kier molecular flexibility index (Phi) is 5.10. The molecule has 3 aromatic carbocycles. The smallest absolute Gasteiger partial charge is 0.265 e. The van der Waals surface area contributed by atoms with Crippen LogP contribution in [-0.2, 0) is 21.3 Å². The summed E-state index contributed by atoms with van der Waals surface area (Å²) in [6.45, 7) is -0.0758. The summed E-state index contributed by atoms with van der Waals surface area (Å²) in [6, 6.07) is 19.4. The van der Waals surface area contributed by atoms with Gasteiger partial charge in [-0.05, 0) is 47.5 Å². The molecule has 34 heavy (non-hydrogen) atoms. The van der Waals surface area contributed by atoms with Crippen LogP contribution in [0.5, 0.6) is 0 Å². The van der Waals surface area contributed by atoms with Gasteiger partial charge in [0.05, 0.1) is 18.2 Å². The molecule has 0 saturated heterocycles. The van der Waals surface area contributed by atoms with Crippen molar-refractivity contribution in [2.75, 3.05) is 4.31 Å². The maximum atomic E-state index is 14.1. The van der Waals surface area contributed by atoms with Crippen molar-refractivity contribution < 1.29 is 21.9 Å². The molecule has 0 amide bonds. The fourth-order valence-electron chi connectivity index (χ4n) is 4.22. The van der Waals surface area contributed by atoms with Crippen LogP contribution in [0.15, 0.2) is 89.2 Å². The lowest BCUT2D eigenvalue weighted by Gasteiger charge is -2.38. The van der Waals surface area contributed by atoms with Crippen LogP contribution in [0.25, 0.3) is 5.76 Å². The Labute approximate surface area is 194 Å². The second kappa shape index (κ2) is 8.01. The molecule has 0 aliphatic carbocycles. The zero-order valence-electron chi connectivity index (χ0n) is 17.6. The lowest BCUT2D eigenvalue weighted by atomic mass is 9.88. The molecule has 0 aromatic heterocycles. The summed E-state index contributed by atoms with van der Waals surface area (Å²) in [6.07, 6.45) is 0. The Bertz CT molecular complexity index is 1510. The van der Waals surface area contributed by atoms with Gasteiger partial charge < -0.3 is 10.5 Å². The number of anilines is 1. The molecule has 0 spiro atoms. The summed E-state index contributed by atoms with van der Waals surface area (Å²) in [4.78, 5) is -0.161. The summed E-state index contributed by atoms with van der Waals surface area (Å²) in [7, 11) is -4.26. The van der Waals surface area contributed by atoms with Gasteiger partial charge >= 0.3 is 0 Å². The Balaban J connectivity index is 1.75. The summed E-state index contributed by atoms with van der Waals surface area (Å²) < 4.78 is 62.1. The molecule has 9 heteroatoms. The molecular weight excluding hydrogens is 460 g/mol. The fourth-order valence-corrected chi connectivity index (χ4v) is 6.14. The van der Waals surface area contributed by atoms with E-state index in [4.69, 9.17) is 10.5 Å². The highest BCUT2D eigenvalue weighted by atomic mass is 32.2. The predicted octanol–water partition coefficient (Wildman–Crippen LogP) is 4.49. The maximum Gasteiger partial charge on any atom is 0.265 e. The fraction of sp³-hybridized carbons (Fsp3) is 0.0800. The zero-order valence-corrected chi connectivity index (χ0v) is 18.4. The largest absolute Gasteiger partial charge is 0.439 e. The number of para-hydroxylation sites is 1. The van der Waals surface area contributed by atoms with E-state index in [0.717, 1.165) is 0 Å². The number of nitriles is 1. The van der Waals surface area contributed by atoms with Gasteiger partial charge in [-0.2, -0.15) is 5.26 Å². The normalized spacial score (nSPS) is 18.6. The molecule has 0 saturated carbocycles. The number of fused-ring (bicyclic) bond motifs is 2. The highest BCUT2D eigenvalue weighted by molar-refractivity contribution is 7.96. The molecule has 2 N–H and O–H groups in total. The zero-order chi connectivity index (χ0) is 24.0. The van der Waals surface area contributed by atoms with Crippen molar-refractivity contribution in [1.29, 1.82) is 5.26 Å². The van der Waals surface area contributed by atoms with Crippen LogP contribution in [0, 0.1) is 23.0 Å². The minimum absolute atomic E-state index is 0.0248. The van der Waals surface area contributed by atoms with Gasteiger partial charge in [-0.25, -0.2) is 17.2 Å². The van der Waals surface area contributed by atoms with Gasteiger partial charge in [0.25, 0.3) is 10.0 Å². The number of nitrogens with two attached hydrogens (primary N) is 1. The highest BCUT2D eigenvalue weighted by Crippen LogP contribution is 2.51. The Morgan fingerprint density at radius 2 is 1.59 bits per heavy atom. The lowest BCUT2D eigenvalue weighted by Crippen LogP contribution is -2.39. The lowest BCUT2D eigenvalue weighted by molar-refractivity contribution is 0.357. The molecule has 3 aromatic rings. The first-order chi connectivity index (χ1) is 16.3. The standard InChI is InChI=1S/C25H17F2N3O3S/c26-17-9-5-15(6-10-17)14-30-21-4-2-1-3-19(21)23-24(34(30,31)32)22(20(13-28)25(29)33-23)16-7-11-18(27)12-8-16/h1-12,22H,14,29H2/t22-/m0/s1. The molecule has 2 aliphatic rings. The number of nitrogens with zero attached hydrogens (tertiary/aromatic N) is 2. The Morgan fingerprint density at radius 1 is 0.971 bits per heavy atom. The van der Waals surface area contributed by atoms with E-state index in [1.54, 1.807) is 24.3 Å². The number of hydrogen-bond donors (Lipinski definition) is 1. The average molecular weight is 477 g/mol. The number of benzene rings is 3.